The molecule has 0 saturated heterocycles. The van der Waals surface area contributed by atoms with Gasteiger partial charge in [-0.2, -0.15) is 0 Å². The third kappa shape index (κ3) is 4.07. The molecule has 0 aliphatic carbocycles. The minimum absolute atomic E-state index is 0.115. The molecule has 94 valence electrons. The number of nitrogens with one attached hydrogen (secondary N) is 1. The van der Waals surface area contributed by atoms with Crippen molar-refractivity contribution < 1.29 is 4.74 Å². The van der Waals surface area contributed by atoms with E-state index in [0.29, 0.717) is 0 Å². The summed E-state index contributed by atoms with van der Waals surface area (Å²) in [7, 11) is 3.74. The predicted octanol–water partition coefficient (Wildman–Crippen LogP) is 1.83. The van der Waals surface area contributed by atoms with Crippen molar-refractivity contribution in [2.24, 2.45) is 5.73 Å². The van der Waals surface area contributed by atoms with Crippen LogP contribution in [0, 0.1) is 5.41 Å². The summed E-state index contributed by atoms with van der Waals surface area (Å²) in [5.41, 5.74) is 7.37. The number of rotatable bonds is 7. The van der Waals surface area contributed by atoms with Gasteiger partial charge in [0.1, 0.15) is 5.84 Å². The predicted molar refractivity (Wildman–Crippen MR) is 71.8 cm³/mol. The summed E-state index contributed by atoms with van der Waals surface area (Å²) in [4.78, 5) is 2.13. The largest absolute Gasteiger partial charge is 0.385 e. The number of nitrogen functional groups attached to an aromatic ring is 1. The lowest BCUT2D eigenvalue weighted by Gasteiger charge is -2.21. The number of methoxy groups -OCH3 is 1. The maximum atomic E-state index is 7.54. The van der Waals surface area contributed by atoms with Crippen molar-refractivity contribution in [1.82, 2.24) is 0 Å². The summed E-state index contributed by atoms with van der Waals surface area (Å²) in [6, 6.07) is 7.74. The van der Waals surface area contributed by atoms with Crippen LogP contribution < -0.4 is 10.6 Å². The van der Waals surface area contributed by atoms with E-state index in [4.69, 9.17) is 15.9 Å². The van der Waals surface area contributed by atoms with E-state index in [9.17, 15) is 0 Å². The zero-order chi connectivity index (χ0) is 12.7. The first-order chi connectivity index (χ1) is 8.16. The Bertz CT molecular complexity index is 365. The molecule has 0 spiro atoms. The average molecular weight is 235 g/mol. The van der Waals surface area contributed by atoms with E-state index in [1.165, 1.54) is 0 Å². The molecule has 0 heterocycles. The Labute approximate surface area is 103 Å². The number of hydrogen-bond acceptors (Lipinski definition) is 3. The second-order valence-electron chi connectivity index (χ2n) is 4.05. The number of amidine groups is 1. The Balaban J connectivity index is 2.62. The van der Waals surface area contributed by atoms with Crippen molar-refractivity contribution >= 4 is 11.5 Å². The molecule has 0 radical (unpaired) electrons. The van der Waals surface area contributed by atoms with Crippen LogP contribution in [-0.2, 0) is 4.74 Å². The van der Waals surface area contributed by atoms with E-state index in [2.05, 4.69) is 4.90 Å². The maximum absolute atomic E-state index is 7.54. The van der Waals surface area contributed by atoms with Gasteiger partial charge >= 0.3 is 0 Å². The van der Waals surface area contributed by atoms with Crippen molar-refractivity contribution in [3.63, 3.8) is 0 Å². The van der Waals surface area contributed by atoms with E-state index in [1.54, 1.807) is 7.11 Å². The first-order valence-corrected chi connectivity index (χ1v) is 5.80. The molecule has 3 N–H and O–H groups in total. The number of benzene rings is 1. The van der Waals surface area contributed by atoms with Gasteiger partial charge in [0.05, 0.1) is 0 Å². The fourth-order valence-electron chi connectivity index (χ4n) is 1.75. The molecule has 0 aromatic heterocycles. The highest BCUT2D eigenvalue weighted by Crippen LogP contribution is 2.18. The minimum Gasteiger partial charge on any atom is -0.385 e. The number of nitrogens with two attached hydrogens (primary N) is 1. The molecule has 4 nitrogen and oxygen atoms in total. The summed E-state index contributed by atoms with van der Waals surface area (Å²) in [6.07, 6.45) is 2.11. The van der Waals surface area contributed by atoms with E-state index in [-0.39, 0.29) is 5.84 Å². The van der Waals surface area contributed by atoms with Gasteiger partial charge in [-0.1, -0.05) is 12.1 Å². The number of ether oxygens (including phenoxy) is 1. The van der Waals surface area contributed by atoms with E-state index >= 15 is 0 Å². The number of unbranched alkanes of at least 4 members (excludes halogenated alkanes) is 1. The van der Waals surface area contributed by atoms with Gasteiger partial charge in [0.2, 0.25) is 0 Å². The topological polar surface area (TPSA) is 62.3 Å². The summed E-state index contributed by atoms with van der Waals surface area (Å²) in [5.74, 6) is 0.115. The van der Waals surface area contributed by atoms with Gasteiger partial charge in [-0.25, -0.2) is 0 Å². The molecule has 1 aromatic rings. The summed E-state index contributed by atoms with van der Waals surface area (Å²) in [6.45, 7) is 1.73. The van der Waals surface area contributed by atoms with Crippen LogP contribution in [0.25, 0.3) is 0 Å². The van der Waals surface area contributed by atoms with Crippen LogP contribution >= 0.6 is 0 Å². The fourth-order valence-corrected chi connectivity index (χ4v) is 1.75. The van der Waals surface area contributed by atoms with Crippen molar-refractivity contribution in [1.29, 1.82) is 5.41 Å². The molecule has 0 amide bonds. The number of anilines is 1. The van der Waals surface area contributed by atoms with Gasteiger partial charge in [-0.3, -0.25) is 5.41 Å². The highest BCUT2D eigenvalue weighted by molar-refractivity contribution is 6.00. The first kappa shape index (κ1) is 13.5. The Morgan fingerprint density at radius 3 is 2.71 bits per heavy atom. The van der Waals surface area contributed by atoms with E-state index in [1.807, 2.05) is 31.3 Å². The Morgan fingerprint density at radius 1 is 1.35 bits per heavy atom. The number of nitrogens with zero attached hydrogens (tertiary/aromatic N) is 1. The highest BCUT2D eigenvalue weighted by Gasteiger charge is 2.08. The first-order valence-electron chi connectivity index (χ1n) is 5.80. The molecule has 0 aliphatic heterocycles. The van der Waals surface area contributed by atoms with Crippen LogP contribution in [0.3, 0.4) is 0 Å². The van der Waals surface area contributed by atoms with Gasteiger partial charge in [-0.05, 0) is 25.0 Å². The Kier molecular flexibility index (Phi) is 5.49. The highest BCUT2D eigenvalue weighted by atomic mass is 16.5. The van der Waals surface area contributed by atoms with Crippen LogP contribution in [0.2, 0.25) is 0 Å². The monoisotopic (exact) mass is 235 g/mol. The third-order valence-corrected chi connectivity index (χ3v) is 2.70. The van der Waals surface area contributed by atoms with Gasteiger partial charge < -0.3 is 15.4 Å². The molecule has 0 bridgehead atoms. The lowest BCUT2D eigenvalue weighted by atomic mass is 10.1. The SMILES string of the molecule is COCCCCN(C)c1ccccc1C(=N)N. The summed E-state index contributed by atoms with van der Waals surface area (Å²) < 4.78 is 5.02. The van der Waals surface area contributed by atoms with Crippen molar-refractivity contribution in [2.75, 3.05) is 32.2 Å². The minimum atomic E-state index is 0.115. The molecular weight excluding hydrogens is 214 g/mol. The van der Waals surface area contributed by atoms with Crippen molar-refractivity contribution in [3.05, 3.63) is 29.8 Å². The molecule has 0 unspecified atom stereocenters. The van der Waals surface area contributed by atoms with E-state index in [0.717, 1.165) is 37.2 Å². The van der Waals surface area contributed by atoms with E-state index < -0.39 is 0 Å². The van der Waals surface area contributed by atoms with Crippen LogP contribution in [0.1, 0.15) is 18.4 Å². The molecule has 1 aromatic carbocycles. The standard InChI is InChI=1S/C13H21N3O/c1-16(9-5-6-10-17-2)12-8-4-3-7-11(12)13(14)15/h3-4,7-8H,5-6,9-10H2,1-2H3,(H3,14,15). The zero-order valence-corrected chi connectivity index (χ0v) is 10.6. The molecular formula is C13H21N3O. The van der Waals surface area contributed by atoms with Crippen LogP contribution in [0.15, 0.2) is 24.3 Å². The van der Waals surface area contributed by atoms with Crippen molar-refractivity contribution in [2.45, 2.75) is 12.8 Å². The van der Waals surface area contributed by atoms with Crippen LogP contribution in [-0.4, -0.2) is 33.1 Å². The molecule has 0 atom stereocenters. The fraction of sp³-hybridized carbons (Fsp3) is 0.462. The van der Waals surface area contributed by atoms with Gasteiger partial charge in [0, 0.05) is 38.6 Å². The summed E-state index contributed by atoms with van der Waals surface area (Å²) >= 11 is 0. The molecule has 0 fully saturated rings. The lowest BCUT2D eigenvalue weighted by molar-refractivity contribution is 0.193. The van der Waals surface area contributed by atoms with Crippen LogP contribution in [0.5, 0.6) is 0 Å². The average Bonchev–Trinajstić information content (AvgIpc) is 2.34. The van der Waals surface area contributed by atoms with Gasteiger partial charge in [0.25, 0.3) is 0 Å². The molecule has 0 aliphatic rings. The molecule has 0 saturated carbocycles. The Hall–Kier alpha value is -1.55. The molecule has 4 heteroatoms. The van der Waals surface area contributed by atoms with Crippen LogP contribution in [0.4, 0.5) is 5.69 Å². The smallest absolute Gasteiger partial charge is 0.124 e. The lowest BCUT2D eigenvalue weighted by Crippen LogP contribution is -2.23. The third-order valence-electron chi connectivity index (χ3n) is 2.70. The normalized spacial score (nSPS) is 10.2. The number of hydrogen-bond donors (Lipinski definition) is 2. The van der Waals surface area contributed by atoms with Gasteiger partial charge in [0.15, 0.2) is 0 Å². The quantitative estimate of drug-likeness (QED) is 0.430. The molecule has 17 heavy (non-hydrogen) atoms. The second kappa shape index (κ2) is 6.91. The second-order valence-corrected chi connectivity index (χ2v) is 4.05. The van der Waals surface area contributed by atoms with Crippen molar-refractivity contribution in [3.8, 4) is 0 Å². The number of para-hydroxylation sites is 1. The van der Waals surface area contributed by atoms with Gasteiger partial charge in [-0.15, -0.1) is 0 Å². The summed E-state index contributed by atoms with van der Waals surface area (Å²) in [5, 5.41) is 7.54. The zero-order valence-electron chi connectivity index (χ0n) is 10.6. The Morgan fingerprint density at radius 2 is 2.06 bits per heavy atom. The molecule has 1 rings (SSSR count). The maximum Gasteiger partial charge on any atom is 0.124 e.